The van der Waals surface area contributed by atoms with Crippen LogP contribution in [0, 0.1) is 0 Å². The summed E-state index contributed by atoms with van der Waals surface area (Å²) < 4.78 is 24.2. The van der Waals surface area contributed by atoms with Gasteiger partial charge >= 0.3 is 0 Å². The molecule has 0 bridgehead atoms. The molecule has 1 rings (SSSR count). The van der Waals surface area contributed by atoms with E-state index in [9.17, 15) is 8.42 Å². The molecule has 0 unspecified atom stereocenters. The molecule has 1 aromatic rings. The van der Waals surface area contributed by atoms with E-state index < -0.39 is 10.0 Å². The van der Waals surface area contributed by atoms with Crippen molar-refractivity contribution >= 4 is 15.8 Å². The fourth-order valence-electron chi connectivity index (χ4n) is 1.12. The normalized spacial score (nSPS) is 11.3. The van der Waals surface area contributed by atoms with Gasteiger partial charge in [0.2, 0.25) is 10.0 Å². The number of nitrogens with one attached hydrogen (secondary N) is 1. The van der Waals surface area contributed by atoms with Crippen LogP contribution in [0.15, 0.2) is 18.2 Å². The first kappa shape index (κ1) is 11.0. The lowest BCUT2D eigenvalue weighted by atomic mass is 10.2. The van der Waals surface area contributed by atoms with Crippen molar-refractivity contribution < 1.29 is 8.42 Å². The first-order valence-corrected chi connectivity index (χ1v) is 6.34. The average Bonchev–Trinajstić information content (AvgIpc) is 2.02. The Labute approximate surface area is 84.4 Å². The molecule has 1 heterocycles. The van der Waals surface area contributed by atoms with Crippen LogP contribution in [0.25, 0.3) is 0 Å². The van der Waals surface area contributed by atoms with Gasteiger partial charge in [0.25, 0.3) is 0 Å². The van der Waals surface area contributed by atoms with E-state index in [1.54, 1.807) is 12.1 Å². The number of nitrogens with zero attached hydrogens (tertiary/aromatic N) is 1. The fourth-order valence-corrected chi connectivity index (χ4v) is 1.62. The lowest BCUT2D eigenvalue weighted by Crippen LogP contribution is -2.11. The maximum Gasteiger partial charge on any atom is 0.230 e. The van der Waals surface area contributed by atoms with Gasteiger partial charge in [0.1, 0.15) is 5.82 Å². The highest BCUT2D eigenvalue weighted by Gasteiger charge is 2.02. The third-order valence-electron chi connectivity index (χ3n) is 1.60. The van der Waals surface area contributed by atoms with Crippen molar-refractivity contribution in [1.29, 1.82) is 0 Å². The molecular formula is C9H14N2O2S. The number of aryl methyl sites for hydroxylation is 1. The average molecular weight is 214 g/mol. The van der Waals surface area contributed by atoms with Gasteiger partial charge in [-0.1, -0.05) is 19.4 Å². The van der Waals surface area contributed by atoms with Crippen LogP contribution < -0.4 is 4.72 Å². The first-order chi connectivity index (χ1) is 6.51. The summed E-state index contributed by atoms with van der Waals surface area (Å²) in [5.74, 6) is 0.387. The number of aromatic nitrogens is 1. The summed E-state index contributed by atoms with van der Waals surface area (Å²) in [7, 11) is -3.22. The summed E-state index contributed by atoms with van der Waals surface area (Å²) in [6.45, 7) is 2.05. The molecule has 1 aromatic heterocycles. The Bertz CT molecular complexity index is 401. The smallest absolute Gasteiger partial charge is 0.230 e. The van der Waals surface area contributed by atoms with Gasteiger partial charge in [-0.25, -0.2) is 13.4 Å². The summed E-state index contributed by atoms with van der Waals surface area (Å²) in [4.78, 5) is 4.16. The second kappa shape index (κ2) is 4.41. The van der Waals surface area contributed by atoms with E-state index in [1.807, 2.05) is 6.07 Å². The van der Waals surface area contributed by atoms with E-state index in [0.29, 0.717) is 5.82 Å². The van der Waals surface area contributed by atoms with Gasteiger partial charge in [-0.3, -0.25) is 4.72 Å². The van der Waals surface area contributed by atoms with Crippen LogP contribution in [0.3, 0.4) is 0 Å². The van der Waals surface area contributed by atoms with Gasteiger partial charge < -0.3 is 0 Å². The lowest BCUT2D eigenvalue weighted by molar-refractivity contribution is 0.606. The van der Waals surface area contributed by atoms with Crippen LogP contribution >= 0.6 is 0 Å². The topological polar surface area (TPSA) is 59.1 Å². The van der Waals surface area contributed by atoms with Crippen molar-refractivity contribution in [1.82, 2.24) is 4.98 Å². The molecule has 4 nitrogen and oxygen atoms in total. The highest BCUT2D eigenvalue weighted by Crippen LogP contribution is 2.07. The Morgan fingerprint density at radius 2 is 2.14 bits per heavy atom. The van der Waals surface area contributed by atoms with Crippen LogP contribution in [0.1, 0.15) is 19.0 Å². The number of pyridine rings is 1. The SMILES string of the molecule is CCCc1cccc(NS(C)(=O)=O)n1. The van der Waals surface area contributed by atoms with Crippen molar-refractivity contribution in [3.05, 3.63) is 23.9 Å². The van der Waals surface area contributed by atoms with Gasteiger partial charge in [-0.05, 0) is 18.6 Å². The van der Waals surface area contributed by atoms with Crippen molar-refractivity contribution in [2.45, 2.75) is 19.8 Å². The number of sulfonamides is 1. The monoisotopic (exact) mass is 214 g/mol. The molecule has 5 heteroatoms. The van der Waals surface area contributed by atoms with Gasteiger partial charge in [-0.2, -0.15) is 0 Å². The van der Waals surface area contributed by atoms with E-state index in [1.165, 1.54) is 0 Å². The van der Waals surface area contributed by atoms with Crippen molar-refractivity contribution in [2.24, 2.45) is 0 Å². The minimum Gasteiger partial charge on any atom is -0.268 e. The number of hydrogen-bond acceptors (Lipinski definition) is 3. The summed E-state index contributed by atoms with van der Waals surface area (Å²) in [5.41, 5.74) is 0.904. The molecular weight excluding hydrogens is 200 g/mol. The predicted molar refractivity (Wildman–Crippen MR) is 56.7 cm³/mol. The molecule has 14 heavy (non-hydrogen) atoms. The van der Waals surface area contributed by atoms with E-state index in [2.05, 4.69) is 16.6 Å². The first-order valence-electron chi connectivity index (χ1n) is 4.45. The zero-order chi connectivity index (χ0) is 10.6. The standard InChI is InChI=1S/C9H14N2O2S/c1-3-5-8-6-4-7-9(10-8)11-14(2,12)13/h4,6-7H,3,5H2,1-2H3,(H,10,11). The molecule has 0 aliphatic heterocycles. The van der Waals surface area contributed by atoms with Gasteiger partial charge in [0.05, 0.1) is 6.26 Å². The second-order valence-electron chi connectivity index (χ2n) is 3.14. The molecule has 78 valence electrons. The molecule has 0 radical (unpaired) electrons. The number of rotatable bonds is 4. The molecule has 0 fully saturated rings. The maximum atomic E-state index is 10.9. The van der Waals surface area contributed by atoms with Crippen LogP contribution in [0.4, 0.5) is 5.82 Å². The Hall–Kier alpha value is -1.10. The highest BCUT2D eigenvalue weighted by molar-refractivity contribution is 7.92. The summed E-state index contributed by atoms with van der Waals surface area (Å²) >= 11 is 0. The quantitative estimate of drug-likeness (QED) is 0.824. The minimum absolute atomic E-state index is 0.387. The fraction of sp³-hybridized carbons (Fsp3) is 0.444. The van der Waals surface area contributed by atoms with E-state index in [-0.39, 0.29) is 0 Å². The third-order valence-corrected chi connectivity index (χ3v) is 2.18. The van der Waals surface area contributed by atoms with E-state index >= 15 is 0 Å². The Morgan fingerprint density at radius 3 is 2.71 bits per heavy atom. The van der Waals surface area contributed by atoms with E-state index in [4.69, 9.17) is 0 Å². The molecule has 0 saturated heterocycles. The molecule has 0 amide bonds. The molecule has 1 N–H and O–H groups in total. The van der Waals surface area contributed by atoms with Crippen LogP contribution in [-0.4, -0.2) is 19.7 Å². The van der Waals surface area contributed by atoms with Crippen LogP contribution in [0.5, 0.6) is 0 Å². The second-order valence-corrected chi connectivity index (χ2v) is 4.89. The Balaban J connectivity index is 2.83. The number of anilines is 1. The van der Waals surface area contributed by atoms with Crippen molar-refractivity contribution in [2.75, 3.05) is 11.0 Å². The largest absolute Gasteiger partial charge is 0.268 e. The van der Waals surface area contributed by atoms with Crippen LogP contribution in [0.2, 0.25) is 0 Å². The van der Waals surface area contributed by atoms with Gasteiger partial charge in [-0.15, -0.1) is 0 Å². The number of hydrogen-bond donors (Lipinski definition) is 1. The van der Waals surface area contributed by atoms with Crippen molar-refractivity contribution in [3.63, 3.8) is 0 Å². The summed E-state index contributed by atoms with van der Waals surface area (Å²) in [6, 6.07) is 5.32. The molecule has 0 aliphatic rings. The molecule has 0 atom stereocenters. The Morgan fingerprint density at radius 1 is 1.43 bits per heavy atom. The van der Waals surface area contributed by atoms with Gasteiger partial charge in [0, 0.05) is 5.69 Å². The molecule has 0 saturated carbocycles. The predicted octanol–water partition coefficient (Wildman–Crippen LogP) is 1.41. The van der Waals surface area contributed by atoms with Gasteiger partial charge in [0.15, 0.2) is 0 Å². The van der Waals surface area contributed by atoms with Crippen molar-refractivity contribution in [3.8, 4) is 0 Å². The zero-order valence-electron chi connectivity index (χ0n) is 8.32. The highest BCUT2D eigenvalue weighted by atomic mass is 32.2. The third kappa shape index (κ3) is 3.74. The molecule has 0 aliphatic carbocycles. The summed E-state index contributed by atoms with van der Waals surface area (Å²) in [6.07, 6.45) is 2.97. The zero-order valence-corrected chi connectivity index (χ0v) is 9.13. The van der Waals surface area contributed by atoms with E-state index in [0.717, 1.165) is 24.8 Å². The minimum atomic E-state index is -3.22. The molecule has 0 aromatic carbocycles. The Kier molecular flexibility index (Phi) is 3.46. The maximum absolute atomic E-state index is 10.9. The van der Waals surface area contributed by atoms with Crippen LogP contribution in [-0.2, 0) is 16.4 Å². The summed E-state index contributed by atoms with van der Waals surface area (Å²) in [5, 5.41) is 0. The lowest BCUT2D eigenvalue weighted by Gasteiger charge is -2.04. The molecule has 0 spiro atoms.